The van der Waals surface area contributed by atoms with Gasteiger partial charge in [0.1, 0.15) is 6.54 Å². The van der Waals surface area contributed by atoms with E-state index >= 15 is 0 Å². The smallest absolute Gasteiger partial charge is 0.386 e. The minimum Gasteiger partial charge on any atom is -0.386 e. The number of hydrogen-bond acceptors (Lipinski definition) is 4. The van der Waals surface area contributed by atoms with Crippen LogP contribution in [0.4, 0.5) is 18.9 Å². The summed E-state index contributed by atoms with van der Waals surface area (Å²) in [6.07, 6.45) is -4.68. The van der Waals surface area contributed by atoms with Crippen molar-refractivity contribution < 1.29 is 23.1 Å². The number of carbonyl (C=O) groups is 1. The minimum atomic E-state index is -4.68. The highest BCUT2D eigenvalue weighted by Gasteiger charge is 2.38. The zero-order chi connectivity index (χ0) is 23.1. The summed E-state index contributed by atoms with van der Waals surface area (Å²) in [5.74, 6) is -0.330. The minimum absolute atomic E-state index is 0.0984. The van der Waals surface area contributed by atoms with Crippen molar-refractivity contribution in [3.63, 3.8) is 0 Å². The van der Waals surface area contributed by atoms with Crippen LogP contribution in [-0.2, 0) is 23.1 Å². The molecular weight excluding hydrogens is 456 g/mol. The van der Waals surface area contributed by atoms with Crippen LogP contribution in [0.1, 0.15) is 30.8 Å². The molecule has 0 aliphatic carbocycles. The van der Waals surface area contributed by atoms with Gasteiger partial charge in [-0.3, -0.25) is 9.48 Å². The number of hydrogen-bond donors (Lipinski definition) is 1. The normalized spacial score (nSPS) is 15.5. The van der Waals surface area contributed by atoms with E-state index in [-0.39, 0.29) is 18.1 Å². The van der Waals surface area contributed by atoms with Crippen molar-refractivity contribution >= 4 is 34.8 Å². The number of nitrogens with zero attached hydrogens (tertiary/aromatic N) is 4. The Morgan fingerprint density at radius 1 is 1.16 bits per heavy atom. The molecule has 1 aliphatic rings. The van der Waals surface area contributed by atoms with Crippen LogP contribution in [0.2, 0.25) is 10.0 Å². The molecule has 0 radical (unpaired) electrons. The number of rotatable bonds is 4. The summed E-state index contributed by atoms with van der Waals surface area (Å²) < 4.78 is 39.9. The van der Waals surface area contributed by atoms with Crippen LogP contribution in [0.5, 0.6) is 0 Å². The van der Waals surface area contributed by atoms with E-state index in [1.54, 1.807) is 24.8 Å². The average Bonchev–Trinajstić information content (AvgIpc) is 2.96. The third-order valence-corrected chi connectivity index (χ3v) is 6.08. The molecule has 1 aliphatic heterocycles. The van der Waals surface area contributed by atoms with E-state index in [0.717, 1.165) is 10.4 Å². The standard InChI is InChI=1S/C20H23Cl2F3N4O2/c1-12-17(22)18(20(23,24)25)26-29(12)11-16(30)28-8-6-27(7-9-28)13-4-5-15(21)14(10-13)19(2,3)31/h4-5,10,31H,6-9,11H2,1-3H3. The maximum absolute atomic E-state index is 13.0. The van der Waals surface area contributed by atoms with E-state index in [4.69, 9.17) is 23.2 Å². The largest absolute Gasteiger partial charge is 0.436 e. The second-order valence-corrected chi connectivity index (χ2v) is 8.78. The fourth-order valence-electron chi connectivity index (χ4n) is 3.48. The molecule has 1 amide bonds. The molecule has 3 rings (SSSR count). The fraction of sp³-hybridized carbons (Fsp3) is 0.500. The monoisotopic (exact) mass is 478 g/mol. The van der Waals surface area contributed by atoms with Gasteiger partial charge in [-0.1, -0.05) is 23.2 Å². The molecule has 1 aromatic heterocycles. The molecule has 170 valence electrons. The lowest BCUT2D eigenvalue weighted by molar-refractivity contribution is -0.142. The molecule has 0 bridgehead atoms. The maximum atomic E-state index is 13.0. The van der Waals surface area contributed by atoms with Crippen LogP contribution < -0.4 is 4.90 Å². The van der Waals surface area contributed by atoms with E-state index in [0.29, 0.717) is 36.8 Å². The number of piperazine rings is 1. The van der Waals surface area contributed by atoms with E-state index in [1.165, 1.54) is 6.92 Å². The summed E-state index contributed by atoms with van der Waals surface area (Å²) in [6, 6.07) is 5.40. The molecule has 0 spiro atoms. The number of anilines is 1. The highest BCUT2D eigenvalue weighted by Crippen LogP contribution is 2.35. The first-order valence-electron chi connectivity index (χ1n) is 9.64. The van der Waals surface area contributed by atoms with Gasteiger partial charge in [-0.05, 0) is 39.0 Å². The van der Waals surface area contributed by atoms with Gasteiger partial charge in [-0.15, -0.1) is 0 Å². The molecule has 0 saturated carbocycles. The number of aromatic nitrogens is 2. The van der Waals surface area contributed by atoms with E-state index in [9.17, 15) is 23.1 Å². The van der Waals surface area contributed by atoms with Crippen molar-refractivity contribution in [1.29, 1.82) is 0 Å². The first-order valence-corrected chi connectivity index (χ1v) is 10.4. The van der Waals surface area contributed by atoms with Crippen molar-refractivity contribution in [2.45, 2.75) is 39.1 Å². The summed E-state index contributed by atoms with van der Waals surface area (Å²) in [4.78, 5) is 16.3. The van der Waals surface area contributed by atoms with Crippen LogP contribution in [0, 0.1) is 6.92 Å². The van der Waals surface area contributed by atoms with Crippen LogP contribution in [0.25, 0.3) is 0 Å². The SMILES string of the molecule is Cc1c(Cl)c(C(F)(F)F)nn1CC(=O)N1CCN(c2ccc(Cl)c(C(C)(C)O)c2)CC1. The van der Waals surface area contributed by atoms with Crippen LogP contribution in [-0.4, -0.2) is 51.9 Å². The maximum Gasteiger partial charge on any atom is 0.436 e. The molecular formula is C20H23Cl2F3N4O2. The summed E-state index contributed by atoms with van der Waals surface area (Å²) in [5, 5.41) is 13.8. The van der Waals surface area contributed by atoms with Crippen molar-refractivity contribution in [2.24, 2.45) is 0 Å². The summed E-state index contributed by atoms with van der Waals surface area (Å²) >= 11 is 11.9. The second-order valence-electron chi connectivity index (χ2n) is 7.99. The third kappa shape index (κ3) is 5.10. The van der Waals surface area contributed by atoms with Crippen LogP contribution in [0.3, 0.4) is 0 Å². The van der Waals surface area contributed by atoms with Crippen molar-refractivity contribution in [1.82, 2.24) is 14.7 Å². The van der Waals surface area contributed by atoms with Gasteiger partial charge in [-0.2, -0.15) is 18.3 Å². The van der Waals surface area contributed by atoms with Crippen LogP contribution in [0.15, 0.2) is 18.2 Å². The van der Waals surface area contributed by atoms with Gasteiger partial charge in [-0.25, -0.2) is 0 Å². The Morgan fingerprint density at radius 3 is 2.29 bits per heavy atom. The first kappa shape index (κ1) is 23.7. The predicted octanol–water partition coefficient (Wildman–Crippen LogP) is 4.09. The number of benzene rings is 1. The molecule has 2 heterocycles. The van der Waals surface area contributed by atoms with Gasteiger partial charge < -0.3 is 14.9 Å². The van der Waals surface area contributed by atoms with E-state index in [2.05, 4.69) is 10.00 Å². The van der Waals surface area contributed by atoms with E-state index in [1.807, 2.05) is 12.1 Å². The lowest BCUT2D eigenvalue weighted by Crippen LogP contribution is -2.49. The molecule has 1 aromatic carbocycles. The van der Waals surface area contributed by atoms with Gasteiger partial charge in [0, 0.05) is 42.5 Å². The average molecular weight is 479 g/mol. The molecule has 1 N–H and O–H groups in total. The Balaban J connectivity index is 1.66. The zero-order valence-corrected chi connectivity index (χ0v) is 18.8. The second kappa shape index (κ2) is 8.52. The Bertz CT molecular complexity index is 978. The summed E-state index contributed by atoms with van der Waals surface area (Å²) in [7, 11) is 0. The third-order valence-electron chi connectivity index (χ3n) is 5.29. The topological polar surface area (TPSA) is 61.6 Å². The number of amides is 1. The lowest BCUT2D eigenvalue weighted by Gasteiger charge is -2.36. The van der Waals surface area contributed by atoms with Gasteiger partial charge in [0.2, 0.25) is 5.91 Å². The van der Waals surface area contributed by atoms with Crippen molar-refractivity contribution in [3.8, 4) is 0 Å². The summed E-state index contributed by atoms with van der Waals surface area (Å²) in [6.45, 7) is 6.27. The fourth-order valence-corrected chi connectivity index (χ4v) is 4.07. The highest BCUT2D eigenvalue weighted by atomic mass is 35.5. The molecule has 2 aromatic rings. The molecule has 0 atom stereocenters. The number of alkyl halides is 3. The summed E-state index contributed by atoms with van der Waals surface area (Å²) in [5.41, 5.74) is -0.700. The Labute approximate surface area is 188 Å². The number of halogens is 5. The molecule has 1 saturated heterocycles. The quantitative estimate of drug-likeness (QED) is 0.718. The van der Waals surface area contributed by atoms with Crippen LogP contribution >= 0.6 is 23.2 Å². The van der Waals surface area contributed by atoms with Gasteiger partial charge in [0.05, 0.1) is 16.3 Å². The first-order chi connectivity index (χ1) is 14.3. The molecule has 1 fully saturated rings. The lowest BCUT2D eigenvalue weighted by atomic mass is 9.97. The van der Waals surface area contributed by atoms with Crippen molar-refractivity contribution in [2.75, 3.05) is 31.1 Å². The number of carbonyl (C=O) groups excluding carboxylic acids is 1. The van der Waals surface area contributed by atoms with Gasteiger partial charge in [0.25, 0.3) is 0 Å². The van der Waals surface area contributed by atoms with Gasteiger partial charge >= 0.3 is 6.18 Å². The predicted molar refractivity (Wildman–Crippen MR) is 112 cm³/mol. The molecule has 0 unspecified atom stereocenters. The highest BCUT2D eigenvalue weighted by molar-refractivity contribution is 6.32. The number of aliphatic hydroxyl groups is 1. The Morgan fingerprint density at radius 2 is 1.77 bits per heavy atom. The Kier molecular flexibility index (Phi) is 6.51. The van der Waals surface area contributed by atoms with Gasteiger partial charge in [0.15, 0.2) is 5.69 Å². The Hall–Kier alpha value is -1.97. The molecule has 11 heteroatoms. The molecule has 31 heavy (non-hydrogen) atoms. The van der Waals surface area contributed by atoms with E-state index < -0.39 is 22.5 Å². The molecule has 6 nitrogen and oxygen atoms in total. The van der Waals surface area contributed by atoms with Crippen molar-refractivity contribution in [3.05, 3.63) is 45.2 Å². The zero-order valence-electron chi connectivity index (χ0n) is 17.3.